The lowest BCUT2D eigenvalue weighted by Crippen LogP contribution is -2.18. The number of nitrogens with zero attached hydrogens (tertiary/aromatic N) is 1. The van der Waals surface area contributed by atoms with E-state index in [4.69, 9.17) is 10.7 Å². The number of rotatable bonds is 2. The van der Waals surface area contributed by atoms with Crippen LogP contribution in [0.5, 0.6) is 0 Å². The number of aryl methyl sites for hydroxylation is 2. The second kappa shape index (κ2) is 3.87. The van der Waals surface area contributed by atoms with Crippen molar-refractivity contribution in [2.45, 2.75) is 51.0 Å². The van der Waals surface area contributed by atoms with Crippen LogP contribution in [0.1, 0.15) is 53.7 Å². The van der Waals surface area contributed by atoms with Gasteiger partial charge in [0.15, 0.2) is 0 Å². The van der Waals surface area contributed by atoms with Gasteiger partial charge in [0.25, 0.3) is 0 Å². The smallest absolute Gasteiger partial charge is 0.110 e. The fourth-order valence-corrected chi connectivity index (χ4v) is 4.12. The zero-order valence-electron chi connectivity index (χ0n) is 9.04. The molecule has 0 saturated heterocycles. The van der Waals surface area contributed by atoms with Gasteiger partial charge in [0.2, 0.25) is 0 Å². The Hall–Kier alpha value is -0.410. The van der Waals surface area contributed by atoms with Crippen molar-refractivity contribution in [3.63, 3.8) is 0 Å². The van der Waals surface area contributed by atoms with Gasteiger partial charge in [-0.3, -0.25) is 0 Å². The molecule has 3 rings (SSSR count). The third-order valence-electron chi connectivity index (χ3n) is 3.81. The molecular formula is C12H18N2S. The van der Waals surface area contributed by atoms with E-state index in [1.165, 1.54) is 60.5 Å². The fraction of sp³-hybridized carbons (Fsp3) is 0.750. The molecule has 0 aliphatic heterocycles. The molecule has 0 aromatic carbocycles. The summed E-state index contributed by atoms with van der Waals surface area (Å²) >= 11 is 1.88. The van der Waals surface area contributed by atoms with Crippen LogP contribution in [-0.2, 0) is 12.8 Å². The quantitative estimate of drug-likeness (QED) is 0.835. The Morgan fingerprint density at radius 2 is 2.00 bits per heavy atom. The van der Waals surface area contributed by atoms with Crippen molar-refractivity contribution in [2.75, 3.05) is 0 Å². The maximum atomic E-state index is 6.31. The second-order valence-electron chi connectivity index (χ2n) is 4.85. The standard InChI is InChI=1S/C12H18N2S/c13-11(8-4-1-2-5-8)12-14-9-6-3-7-10(9)15-12/h8,11H,1-7,13H2. The summed E-state index contributed by atoms with van der Waals surface area (Å²) in [6.07, 6.45) is 9.07. The summed E-state index contributed by atoms with van der Waals surface area (Å²) in [5.41, 5.74) is 7.66. The van der Waals surface area contributed by atoms with Crippen molar-refractivity contribution >= 4 is 11.3 Å². The topological polar surface area (TPSA) is 38.9 Å². The number of hydrogen-bond donors (Lipinski definition) is 1. The van der Waals surface area contributed by atoms with Gasteiger partial charge in [-0.15, -0.1) is 11.3 Å². The van der Waals surface area contributed by atoms with E-state index in [1.807, 2.05) is 11.3 Å². The predicted octanol–water partition coefficient (Wildman–Crippen LogP) is 2.82. The summed E-state index contributed by atoms with van der Waals surface area (Å²) in [6.45, 7) is 0. The minimum Gasteiger partial charge on any atom is -0.322 e. The van der Waals surface area contributed by atoms with Gasteiger partial charge in [-0.05, 0) is 38.0 Å². The molecule has 2 aliphatic carbocycles. The van der Waals surface area contributed by atoms with E-state index >= 15 is 0 Å². The minimum absolute atomic E-state index is 0.225. The van der Waals surface area contributed by atoms with Gasteiger partial charge >= 0.3 is 0 Å². The summed E-state index contributed by atoms with van der Waals surface area (Å²) in [5.74, 6) is 0.705. The van der Waals surface area contributed by atoms with E-state index in [0.717, 1.165) is 0 Å². The number of aromatic nitrogens is 1. The van der Waals surface area contributed by atoms with E-state index in [0.29, 0.717) is 5.92 Å². The Bertz CT molecular complexity index is 331. The highest BCUT2D eigenvalue weighted by Crippen LogP contribution is 2.37. The maximum absolute atomic E-state index is 6.31. The lowest BCUT2D eigenvalue weighted by atomic mass is 10.00. The molecule has 1 aromatic heterocycles. The summed E-state index contributed by atoms with van der Waals surface area (Å²) in [6, 6.07) is 0.225. The van der Waals surface area contributed by atoms with Gasteiger partial charge in [0.1, 0.15) is 5.01 Å². The van der Waals surface area contributed by atoms with Crippen LogP contribution in [-0.4, -0.2) is 4.98 Å². The van der Waals surface area contributed by atoms with Crippen LogP contribution in [0.2, 0.25) is 0 Å². The van der Waals surface area contributed by atoms with Gasteiger partial charge < -0.3 is 5.73 Å². The van der Waals surface area contributed by atoms with Crippen LogP contribution >= 0.6 is 11.3 Å². The number of nitrogens with two attached hydrogens (primary N) is 1. The van der Waals surface area contributed by atoms with Crippen molar-refractivity contribution in [2.24, 2.45) is 11.7 Å². The maximum Gasteiger partial charge on any atom is 0.110 e. The second-order valence-corrected chi connectivity index (χ2v) is 5.96. The summed E-state index contributed by atoms with van der Waals surface area (Å²) in [4.78, 5) is 6.24. The molecule has 0 bridgehead atoms. The molecule has 2 nitrogen and oxygen atoms in total. The lowest BCUT2D eigenvalue weighted by Gasteiger charge is -2.15. The summed E-state index contributed by atoms with van der Waals surface area (Å²) < 4.78 is 0. The van der Waals surface area contributed by atoms with E-state index in [1.54, 1.807) is 0 Å². The molecule has 1 saturated carbocycles. The molecule has 0 spiro atoms. The van der Waals surface area contributed by atoms with Gasteiger partial charge in [-0.25, -0.2) is 4.98 Å². The van der Waals surface area contributed by atoms with Gasteiger partial charge in [0.05, 0.1) is 11.7 Å². The largest absolute Gasteiger partial charge is 0.322 e. The molecule has 0 amide bonds. The Morgan fingerprint density at radius 3 is 2.73 bits per heavy atom. The van der Waals surface area contributed by atoms with Crippen LogP contribution < -0.4 is 5.73 Å². The zero-order valence-corrected chi connectivity index (χ0v) is 9.85. The Balaban J connectivity index is 1.79. The van der Waals surface area contributed by atoms with Gasteiger partial charge in [-0.1, -0.05) is 12.8 Å². The third-order valence-corrected chi connectivity index (χ3v) is 5.06. The lowest BCUT2D eigenvalue weighted by molar-refractivity contribution is 0.443. The predicted molar refractivity (Wildman–Crippen MR) is 63.0 cm³/mol. The van der Waals surface area contributed by atoms with E-state index < -0.39 is 0 Å². The molecule has 15 heavy (non-hydrogen) atoms. The van der Waals surface area contributed by atoms with Crippen LogP contribution in [0.25, 0.3) is 0 Å². The minimum atomic E-state index is 0.225. The van der Waals surface area contributed by atoms with Gasteiger partial charge in [0, 0.05) is 4.88 Å². The van der Waals surface area contributed by atoms with Crippen LogP contribution in [0.15, 0.2) is 0 Å². The van der Waals surface area contributed by atoms with E-state index in [-0.39, 0.29) is 6.04 Å². The molecule has 1 fully saturated rings. The van der Waals surface area contributed by atoms with E-state index in [9.17, 15) is 0 Å². The van der Waals surface area contributed by atoms with Crippen molar-refractivity contribution in [1.29, 1.82) is 0 Å². The normalized spacial score (nSPS) is 23.3. The number of hydrogen-bond acceptors (Lipinski definition) is 3. The molecule has 82 valence electrons. The SMILES string of the molecule is NC(c1nc2c(s1)CCC2)C1CCCC1. The first kappa shape index (κ1) is 9.79. The van der Waals surface area contributed by atoms with Gasteiger partial charge in [-0.2, -0.15) is 0 Å². The number of fused-ring (bicyclic) bond motifs is 1. The van der Waals surface area contributed by atoms with Crippen LogP contribution in [0, 0.1) is 5.92 Å². The fourth-order valence-electron chi connectivity index (χ4n) is 2.87. The average Bonchev–Trinajstić information content (AvgIpc) is 2.92. The number of thiazole rings is 1. The molecule has 1 unspecified atom stereocenters. The average molecular weight is 222 g/mol. The first-order chi connectivity index (χ1) is 7.34. The molecule has 2 aliphatic rings. The molecule has 1 atom stereocenters. The molecule has 2 N–H and O–H groups in total. The Kier molecular flexibility index (Phi) is 2.53. The monoisotopic (exact) mass is 222 g/mol. The third kappa shape index (κ3) is 1.72. The van der Waals surface area contributed by atoms with Crippen molar-refractivity contribution < 1.29 is 0 Å². The Labute approximate surface area is 94.9 Å². The molecule has 3 heteroatoms. The van der Waals surface area contributed by atoms with Crippen LogP contribution in [0.4, 0.5) is 0 Å². The summed E-state index contributed by atoms with van der Waals surface area (Å²) in [7, 11) is 0. The molecule has 0 radical (unpaired) electrons. The van der Waals surface area contributed by atoms with Crippen molar-refractivity contribution in [3.8, 4) is 0 Å². The van der Waals surface area contributed by atoms with E-state index in [2.05, 4.69) is 0 Å². The first-order valence-corrected chi connectivity index (χ1v) is 6.90. The zero-order chi connectivity index (χ0) is 10.3. The molecular weight excluding hydrogens is 204 g/mol. The molecule has 1 aromatic rings. The first-order valence-electron chi connectivity index (χ1n) is 6.08. The highest BCUT2D eigenvalue weighted by atomic mass is 32.1. The van der Waals surface area contributed by atoms with Crippen molar-refractivity contribution in [1.82, 2.24) is 4.98 Å². The van der Waals surface area contributed by atoms with Crippen molar-refractivity contribution in [3.05, 3.63) is 15.6 Å². The Morgan fingerprint density at radius 1 is 1.20 bits per heavy atom. The summed E-state index contributed by atoms with van der Waals surface area (Å²) in [5, 5.41) is 1.21. The molecule has 1 heterocycles. The highest BCUT2D eigenvalue weighted by Gasteiger charge is 2.27. The highest BCUT2D eigenvalue weighted by molar-refractivity contribution is 7.11. The van der Waals surface area contributed by atoms with Crippen LogP contribution in [0.3, 0.4) is 0 Å².